The molecule has 3 aromatic carbocycles. The van der Waals surface area contributed by atoms with E-state index >= 15 is 0 Å². The molecule has 7 heteroatoms. The van der Waals surface area contributed by atoms with Gasteiger partial charge in [-0.3, -0.25) is 0 Å². The molecule has 1 aliphatic rings. The van der Waals surface area contributed by atoms with E-state index in [1.165, 1.54) is 18.4 Å². The molecular weight excluding hydrogens is 508 g/mol. The van der Waals surface area contributed by atoms with Gasteiger partial charge in [0.2, 0.25) is 0 Å². The highest BCUT2D eigenvalue weighted by molar-refractivity contribution is 6.62. The van der Waals surface area contributed by atoms with Crippen molar-refractivity contribution in [1.29, 1.82) is 0 Å². The molecule has 0 bridgehead atoms. The topological polar surface area (TPSA) is 51.2 Å². The maximum Gasteiger partial charge on any atom is 0.494 e. The van der Waals surface area contributed by atoms with Gasteiger partial charge in [-0.05, 0) is 116 Å². The van der Waals surface area contributed by atoms with Crippen LogP contribution in [-0.4, -0.2) is 42.1 Å². The fraction of sp³-hybridized carbons (Fsp3) is 0.471. The Hall–Kier alpha value is -2.57. The maximum absolute atomic E-state index is 10.5. The lowest BCUT2D eigenvalue weighted by molar-refractivity contribution is -0.0893. The van der Waals surface area contributed by atoms with E-state index in [2.05, 4.69) is 112 Å². The number of aryl methyl sites for hydroxylation is 1. The van der Waals surface area contributed by atoms with Gasteiger partial charge in [0.1, 0.15) is 0 Å². The van der Waals surface area contributed by atoms with Crippen LogP contribution in [-0.2, 0) is 20.4 Å². The van der Waals surface area contributed by atoms with E-state index in [4.69, 9.17) is 14.0 Å². The minimum atomic E-state index is -0.945. The summed E-state index contributed by atoms with van der Waals surface area (Å²) in [6.45, 7) is 17.9. The van der Waals surface area contributed by atoms with Gasteiger partial charge in [0, 0.05) is 17.1 Å². The van der Waals surface area contributed by atoms with Crippen LogP contribution in [0.2, 0.25) is 0 Å². The molecule has 0 radical (unpaired) electrons. The van der Waals surface area contributed by atoms with E-state index in [-0.39, 0.29) is 11.2 Å². The Morgan fingerprint density at radius 3 is 1.71 bits per heavy atom. The molecule has 1 N–H and O–H groups in total. The molecule has 0 spiro atoms. The average molecular weight is 555 g/mol. The van der Waals surface area contributed by atoms with Crippen LogP contribution in [0.5, 0.6) is 0 Å². The molecule has 0 unspecified atom stereocenters. The van der Waals surface area contributed by atoms with Gasteiger partial charge in [0.25, 0.3) is 0 Å². The van der Waals surface area contributed by atoms with Crippen LogP contribution in [0.3, 0.4) is 0 Å². The summed E-state index contributed by atoms with van der Waals surface area (Å²) in [6.07, 6.45) is 3.47. The van der Waals surface area contributed by atoms with E-state index < -0.39 is 18.3 Å². The molecule has 4 rings (SSSR count). The summed E-state index contributed by atoms with van der Waals surface area (Å²) in [7, 11) is 0.0272. The largest absolute Gasteiger partial charge is 0.494 e. The molecule has 1 heterocycles. The van der Waals surface area contributed by atoms with Gasteiger partial charge in [-0.1, -0.05) is 55.2 Å². The number of unbranched alkanes of at least 4 members (excludes halogenated alkanes) is 1. The number of aliphatic hydroxyl groups is 1. The summed E-state index contributed by atoms with van der Waals surface area (Å²) >= 11 is 0. The zero-order valence-electron chi connectivity index (χ0n) is 26.5. The van der Waals surface area contributed by atoms with E-state index in [0.29, 0.717) is 7.48 Å². The molecule has 1 fully saturated rings. The van der Waals surface area contributed by atoms with Crippen molar-refractivity contribution in [1.82, 2.24) is 0 Å². The van der Waals surface area contributed by atoms with Crippen molar-refractivity contribution < 1.29 is 19.1 Å². The molecule has 0 amide bonds. The number of nitrogens with zero attached hydrogens (tertiary/aromatic N) is 1. The van der Waals surface area contributed by atoms with Crippen molar-refractivity contribution in [2.24, 2.45) is 0 Å². The molecule has 1 saturated heterocycles. The van der Waals surface area contributed by atoms with Gasteiger partial charge in [0.05, 0.1) is 22.4 Å². The predicted octanol–water partition coefficient (Wildman–Crippen LogP) is 6.34. The number of rotatable bonds is 11. The van der Waals surface area contributed by atoms with Gasteiger partial charge >= 0.3 is 14.6 Å². The first-order valence-electron chi connectivity index (χ1n) is 14.9. The van der Waals surface area contributed by atoms with Gasteiger partial charge in [0.15, 0.2) is 0 Å². The fourth-order valence-corrected chi connectivity index (χ4v) is 4.58. The zero-order valence-corrected chi connectivity index (χ0v) is 26.5. The van der Waals surface area contributed by atoms with Crippen LogP contribution in [0.25, 0.3) is 0 Å². The van der Waals surface area contributed by atoms with Crippen LogP contribution in [0.4, 0.5) is 17.1 Å². The van der Waals surface area contributed by atoms with Crippen LogP contribution < -0.4 is 15.8 Å². The molecule has 0 atom stereocenters. The van der Waals surface area contributed by atoms with Gasteiger partial charge in [-0.25, -0.2) is 0 Å². The molecule has 41 heavy (non-hydrogen) atoms. The number of anilines is 3. The van der Waals surface area contributed by atoms with Crippen molar-refractivity contribution in [2.45, 2.75) is 104 Å². The highest BCUT2D eigenvalue weighted by Gasteiger charge is 2.51. The smallest absolute Gasteiger partial charge is 0.427 e. The third kappa shape index (κ3) is 7.09. The second kappa shape index (κ2) is 12.0. The highest BCUT2D eigenvalue weighted by atomic mass is 16.7. The third-order valence-electron chi connectivity index (χ3n) is 8.96. The van der Waals surface area contributed by atoms with Crippen molar-refractivity contribution in [2.75, 3.05) is 4.90 Å². The predicted molar refractivity (Wildman–Crippen MR) is 174 cm³/mol. The molecule has 218 valence electrons. The fourth-order valence-electron chi connectivity index (χ4n) is 4.58. The first-order valence-corrected chi connectivity index (χ1v) is 14.9. The molecule has 1 aliphatic heterocycles. The summed E-state index contributed by atoms with van der Waals surface area (Å²) in [5.41, 5.74) is 4.25. The zero-order chi connectivity index (χ0) is 30.1. The Balaban J connectivity index is 1.61. The highest BCUT2D eigenvalue weighted by Crippen LogP contribution is 2.37. The lowest BCUT2D eigenvalue weighted by atomic mass is 9.79. The monoisotopic (exact) mass is 555 g/mol. The van der Waals surface area contributed by atoms with Crippen LogP contribution >= 0.6 is 0 Å². The minimum absolute atomic E-state index is 0.379. The van der Waals surface area contributed by atoms with Gasteiger partial charge in [-0.15, -0.1) is 0 Å². The van der Waals surface area contributed by atoms with Crippen molar-refractivity contribution >= 4 is 42.6 Å². The summed E-state index contributed by atoms with van der Waals surface area (Å²) < 4.78 is 18.7. The molecule has 5 nitrogen and oxygen atoms in total. The second-order valence-electron chi connectivity index (χ2n) is 13.3. The van der Waals surface area contributed by atoms with Crippen molar-refractivity contribution in [3.8, 4) is 0 Å². The average Bonchev–Trinajstić information content (AvgIpc) is 3.14. The summed E-state index contributed by atoms with van der Waals surface area (Å²) in [4.78, 5) is 2.27. The first-order chi connectivity index (χ1) is 19.1. The SMILES string of the molecule is CCCCc1ccc(N(c2ccc(BOC(C)(C)C(C)(C)O)cc2)c2ccc(B3OC(C)(C)C(C)(C)O3)cc2)cc1. The van der Waals surface area contributed by atoms with E-state index in [1.807, 2.05) is 13.8 Å². The molecular formula is C34H47B2NO4. The standard InChI is InChI=1S/C34H47B2NO4/c1-10-11-12-25-13-19-28(20-14-25)37(29-21-15-26(16-22-29)35-39-32(4,5)31(2,3)38)30-23-17-27(18-24-30)36-40-33(6,7)34(8,9)41-36/h13-24,35,38H,10-12H2,1-9H3. The lowest BCUT2D eigenvalue weighted by Crippen LogP contribution is -2.49. The maximum atomic E-state index is 10.5. The second-order valence-corrected chi connectivity index (χ2v) is 13.3. The Bertz CT molecular complexity index is 1260. The van der Waals surface area contributed by atoms with Crippen molar-refractivity contribution in [3.63, 3.8) is 0 Å². The van der Waals surface area contributed by atoms with Gasteiger partial charge in [-0.2, -0.15) is 0 Å². The van der Waals surface area contributed by atoms with Crippen molar-refractivity contribution in [3.05, 3.63) is 78.4 Å². The molecule has 3 aromatic rings. The normalized spacial score (nSPS) is 16.6. The van der Waals surface area contributed by atoms with E-state index in [1.54, 1.807) is 13.8 Å². The van der Waals surface area contributed by atoms with E-state index in [9.17, 15) is 5.11 Å². The number of hydrogen-bond donors (Lipinski definition) is 1. The Kier molecular flexibility index (Phi) is 9.15. The number of hydrogen-bond acceptors (Lipinski definition) is 5. The first kappa shape index (κ1) is 31.4. The minimum Gasteiger partial charge on any atom is -0.427 e. The van der Waals surface area contributed by atoms with Crippen LogP contribution in [0, 0.1) is 0 Å². The summed E-state index contributed by atoms with van der Waals surface area (Å²) in [5, 5.41) is 10.5. The van der Waals surface area contributed by atoms with Gasteiger partial charge < -0.3 is 24.0 Å². The Morgan fingerprint density at radius 2 is 1.24 bits per heavy atom. The molecule has 0 saturated carbocycles. The number of benzene rings is 3. The quantitative estimate of drug-likeness (QED) is 0.280. The summed E-state index contributed by atoms with van der Waals surface area (Å²) in [5.74, 6) is 0. The van der Waals surface area contributed by atoms with Crippen LogP contribution in [0.1, 0.15) is 80.7 Å². The van der Waals surface area contributed by atoms with E-state index in [0.717, 1.165) is 34.4 Å². The van der Waals surface area contributed by atoms with Crippen LogP contribution in [0.15, 0.2) is 72.8 Å². The Morgan fingerprint density at radius 1 is 0.780 bits per heavy atom. The molecule has 0 aliphatic carbocycles. The summed E-state index contributed by atoms with van der Waals surface area (Å²) in [6, 6.07) is 25.8. The third-order valence-corrected chi connectivity index (χ3v) is 8.96. The molecule has 0 aromatic heterocycles. The lowest BCUT2D eigenvalue weighted by Gasteiger charge is -2.37. The Labute approximate surface area is 248 Å².